The van der Waals surface area contributed by atoms with Gasteiger partial charge in [-0.15, -0.1) is 0 Å². The Labute approximate surface area is 183 Å². The molecule has 0 bridgehead atoms. The zero-order valence-corrected chi connectivity index (χ0v) is 17.7. The zero-order chi connectivity index (χ0) is 21.2. The molecule has 2 aromatic heterocycles. The monoisotopic (exact) mass is 428 g/mol. The van der Waals surface area contributed by atoms with E-state index in [1.807, 2.05) is 49.4 Å². The molecule has 0 radical (unpaired) electrons. The van der Waals surface area contributed by atoms with Crippen molar-refractivity contribution in [3.63, 3.8) is 0 Å². The Morgan fingerprint density at radius 2 is 1.71 bits per heavy atom. The summed E-state index contributed by atoms with van der Waals surface area (Å²) in [5.74, 6) is 0.598. The number of aromatic amines is 1. The highest BCUT2D eigenvalue weighted by atomic mass is 32.1. The van der Waals surface area contributed by atoms with Crippen molar-refractivity contribution in [3.8, 4) is 28.5 Å². The number of ether oxygens (including phenoxy) is 1. The van der Waals surface area contributed by atoms with Crippen molar-refractivity contribution in [2.45, 2.75) is 13.5 Å². The van der Waals surface area contributed by atoms with Crippen LogP contribution in [0.15, 0.2) is 77.6 Å². The summed E-state index contributed by atoms with van der Waals surface area (Å²) >= 11 is 0.932. The summed E-state index contributed by atoms with van der Waals surface area (Å²) in [4.78, 5) is 18.8. The van der Waals surface area contributed by atoms with Crippen LogP contribution in [0.25, 0.3) is 33.5 Å². The average molecular weight is 429 g/mol. The molecule has 0 aliphatic heterocycles. The molecule has 7 heteroatoms. The van der Waals surface area contributed by atoms with Crippen LogP contribution < -0.4 is 9.61 Å². The topological polar surface area (TPSA) is 72.8 Å². The fourth-order valence-electron chi connectivity index (χ4n) is 3.71. The Bertz CT molecular complexity index is 1400. The number of para-hydroxylation sites is 2. The molecule has 0 fully saturated rings. The molecular weight excluding hydrogens is 408 g/mol. The van der Waals surface area contributed by atoms with Crippen LogP contribution in [-0.2, 0) is 6.54 Å². The highest BCUT2D eigenvalue weighted by Crippen LogP contribution is 2.30. The van der Waals surface area contributed by atoms with Gasteiger partial charge >= 0.3 is 4.87 Å². The first-order chi connectivity index (χ1) is 15.2. The molecule has 3 aromatic carbocycles. The van der Waals surface area contributed by atoms with Gasteiger partial charge in [0.15, 0.2) is 5.82 Å². The number of rotatable bonds is 6. The van der Waals surface area contributed by atoms with Gasteiger partial charge < -0.3 is 4.74 Å². The van der Waals surface area contributed by atoms with E-state index in [4.69, 9.17) is 4.74 Å². The Morgan fingerprint density at radius 1 is 0.968 bits per heavy atom. The average Bonchev–Trinajstić information content (AvgIpc) is 3.38. The van der Waals surface area contributed by atoms with Gasteiger partial charge in [0, 0.05) is 17.1 Å². The minimum Gasteiger partial charge on any atom is -0.465 e. The number of nitrogens with one attached hydrogen (secondary N) is 1. The smallest absolute Gasteiger partial charge is 0.323 e. The molecule has 0 aliphatic rings. The molecular formula is C24H20N4O2S. The lowest BCUT2D eigenvalue weighted by Crippen LogP contribution is -2.05. The largest absolute Gasteiger partial charge is 0.465 e. The molecule has 5 aromatic rings. The SMILES string of the molecule is CCOc1nc2ccccc2n1Cc1ccc(-c2ccccc2-c2nsc(=O)[nH]2)cc1. The van der Waals surface area contributed by atoms with E-state index in [-0.39, 0.29) is 4.87 Å². The van der Waals surface area contributed by atoms with Crippen LogP contribution in [0.5, 0.6) is 6.01 Å². The lowest BCUT2D eigenvalue weighted by Gasteiger charge is -2.11. The van der Waals surface area contributed by atoms with Crippen molar-refractivity contribution in [1.82, 2.24) is 18.9 Å². The number of aromatic nitrogens is 4. The summed E-state index contributed by atoms with van der Waals surface area (Å²) in [6, 6.07) is 25.0. The molecule has 0 saturated heterocycles. The van der Waals surface area contributed by atoms with E-state index >= 15 is 0 Å². The summed E-state index contributed by atoms with van der Waals surface area (Å²) in [6.45, 7) is 3.19. The molecule has 2 heterocycles. The summed E-state index contributed by atoms with van der Waals surface area (Å²) < 4.78 is 12.1. The van der Waals surface area contributed by atoms with Gasteiger partial charge in [-0.25, -0.2) is 0 Å². The van der Waals surface area contributed by atoms with E-state index in [1.54, 1.807) is 0 Å². The van der Waals surface area contributed by atoms with E-state index < -0.39 is 0 Å². The number of benzene rings is 3. The van der Waals surface area contributed by atoms with Gasteiger partial charge in [0.05, 0.1) is 24.2 Å². The standard InChI is InChI=1S/C24H20N4O2S/c1-2-30-23-25-20-9-5-6-10-21(20)28(23)15-16-11-13-17(14-12-16)18-7-3-4-8-19(18)22-26-24(29)31-27-22/h3-14H,2,15H2,1H3,(H,26,27,29). The second-order valence-electron chi connectivity index (χ2n) is 7.09. The second-order valence-corrected chi connectivity index (χ2v) is 7.82. The number of imidazole rings is 1. The van der Waals surface area contributed by atoms with Gasteiger partial charge in [-0.2, -0.15) is 9.36 Å². The van der Waals surface area contributed by atoms with Crippen LogP contribution in [0.4, 0.5) is 0 Å². The molecule has 31 heavy (non-hydrogen) atoms. The lowest BCUT2D eigenvalue weighted by atomic mass is 9.98. The number of fused-ring (bicyclic) bond motifs is 1. The first kappa shape index (κ1) is 19.3. The summed E-state index contributed by atoms with van der Waals surface area (Å²) in [6.07, 6.45) is 0. The Morgan fingerprint density at radius 3 is 2.45 bits per heavy atom. The second kappa shape index (κ2) is 8.20. The third kappa shape index (κ3) is 3.75. The molecule has 0 atom stereocenters. The van der Waals surface area contributed by atoms with Crippen molar-refractivity contribution < 1.29 is 4.74 Å². The molecule has 5 rings (SSSR count). The summed E-state index contributed by atoms with van der Waals surface area (Å²) in [7, 11) is 0. The van der Waals surface area contributed by atoms with E-state index in [2.05, 4.69) is 49.2 Å². The molecule has 0 saturated carbocycles. The summed E-state index contributed by atoms with van der Waals surface area (Å²) in [5, 5.41) is 0. The van der Waals surface area contributed by atoms with Crippen LogP contribution in [-0.4, -0.2) is 25.5 Å². The maximum Gasteiger partial charge on any atom is 0.323 e. The van der Waals surface area contributed by atoms with Gasteiger partial charge in [0.25, 0.3) is 6.01 Å². The number of nitrogens with zero attached hydrogens (tertiary/aromatic N) is 3. The van der Waals surface area contributed by atoms with Gasteiger partial charge in [-0.1, -0.05) is 60.7 Å². The maximum atomic E-state index is 11.6. The van der Waals surface area contributed by atoms with Crippen molar-refractivity contribution >= 4 is 22.6 Å². The highest BCUT2D eigenvalue weighted by Gasteiger charge is 2.13. The van der Waals surface area contributed by atoms with Crippen molar-refractivity contribution in [3.05, 3.63) is 88.0 Å². The van der Waals surface area contributed by atoms with Gasteiger partial charge in [-0.3, -0.25) is 14.3 Å². The minimum absolute atomic E-state index is 0.155. The molecule has 154 valence electrons. The Hall–Kier alpha value is -3.71. The van der Waals surface area contributed by atoms with E-state index in [9.17, 15) is 4.79 Å². The van der Waals surface area contributed by atoms with E-state index in [1.165, 1.54) is 0 Å². The molecule has 0 unspecified atom stereocenters. The fraction of sp³-hybridized carbons (Fsp3) is 0.125. The lowest BCUT2D eigenvalue weighted by molar-refractivity contribution is 0.301. The molecule has 1 N–H and O–H groups in total. The third-order valence-electron chi connectivity index (χ3n) is 5.12. The maximum absolute atomic E-state index is 11.6. The fourth-order valence-corrected chi connectivity index (χ4v) is 4.17. The van der Waals surface area contributed by atoms with Gasteiger partial charge in [-0.05, 0) is 35.7 Å². The number of hydrogen-bond acceptors (Lipinski definition) is 5. The third-order valence-corrected chi connectivity index (χ3v) is 5.66. The molecule has 6 nitrogen and oxygen atoms in total. The quantitative estimate of drug-likeness (QED) is 0.415. The summed E-state index contributed by atoms with van der Waals surface area (Å²) in [5.41, 5.74) is 6.12. The van der Waals surface area contributed by atoms with Crippen LogP contribution in [0.1, 0.15) is 12.5 Å². The molecule has 0 aliphatic carbocycles. The van der Waals surface area contributed by atoms with Gasteiger partial charge in [0.2, 0.25) is 0 Å². The minimum atomic E-state index is -0.155. The van der Waals surface area contributed by atoms with E-state index in [0.717, 1.165) is 44.8 Å². The van der Waals surface area contributed by atoms with Crippen molar-refractivity contribution in [2.75, 3.05) is 6.61 Å². The van der Waals surface area contributed by atoms with Gasteiger partial charge in [0.1, 0.15) is 0 Å². The zero-order valence-electron chi connectivity index (χ0n) is 16.9. The first-order valence-electron chi connectivity index (χ1n) is 10.1. The van der Waals surface area contributed by atoms with Crippen molar-refractivity contribution in [2.24, 2.45) is 0 Å². The Balaban J connectivity index is 1.48. The molecule has 0 spiro atoms. The highest BCUT2D eigenvalue weighted by molar-refractivity contribution is 7.03. The van der Waals surface area contributed by atoms with Crippen LogP contribution in [0, 0.1) is 0 Å². The normalized spacial score (nSPS) is 11.1. The van der Waals surface area contributed by atoms with Crippen LogP contribution in [0.2, 0.25) is 0 Å². The number of hydrogen-bond donors (Lipinski definition) is 1. The number of H-pyrrole nitrogens is 1. The first-order valence-corrected chi connectivity index (χ1v) is 10.8. The van der Waals surface area contributed by atoms with Crippen molar-refractivity contribution in [1.29, 1.82) is 0 Å². The van der Waals surface area contributed by atoms with Crippen LogP contribution in [0.3, 0.4) is 0 Å². The van der Waals surface area contributed by atoms with Crippen LogP contribution >= 0.6 is 11.5 Å². The van der Waals surface area contributed by atoms with E-state index in [0.29, 0.717) is 25.0 Å². The predicted octanol–water partition coefficient (Wildman–Crippen LogP) is 4.96. The molecule has 0 amide bonds. The predicted molar refractivity (Wildman–Crippen MR) is 124 cm³/mol. The Kier molecular flexibility index (Phi) is 5.09.